The third-order valence-electron chi connectivity index (χ3n) is 6.96. The third kappa shape index (κ3) is 2.71. The van der Waals surface area contributed by atoms with Gasteiger partial charge in [0.25, 0.3) is 5.91 Å². The molecule has 0 aromatic heterocycles. The summed E-state index contributed by atoms with van der Waals surface area (Å²) in [6, 6.07) is 14.6. The van der Waals surface area contributed by atoms with E-state index in [0.29, 0.717) is 23.1 Å². The van der Waals surface area contributed by atoms with E-state index in [1.54, 1.807) is 24.3 Å². The average Bonchev–Trinajstić information content (AvgIpc) is 3.42. The lowest BCUT2D eigenvalue weighted by Gasteiger charge is -2.20. The van der Waals surface area contributed by atoms with E-state index < -0.39 is 0 Å². The van der Waals surface area contributed by atoms with Gasteiger partial charge in [0.1, 0.15) is 0 Å². The summed E-state index contributed by atoms with van der Waals surface area (Å²) in [5.74, 6) is -0.297. The first-order valence-corrected chi connectivity index (χ1v) is 10.5. The molecule has 5 rings (SSSR count). The van der Waals surface area contributed by atoms with Crippen LogP contribution in [0.5, 0.6) is 0 Å². The second-order valence-corrected chi connectivity index (χ2v) is 8.38. The summed E-state index contributed by atoms with van der Waals surface area (Å²) in [7, 11) is 0. The lowest BCUT2D eigenvalue weighted by molar-refractivity contribution is -0.123. The van der Waals surface area contributed by atoms with Crippen LogP contribution in [0.15, 0.2) is 48.5 Å². The number of anilines is 2. The molecule has 1 saturated heterocycles. The fourth-order valence-electron chi connectivity index (χ4n) is 5.65. The fraction of sp³-hybridized carbons (Fsp3) is 0.375. The average molecular weight is 388 g/mol. The zero-order chi connectivity index (χ0) is 20.1. The van der Waals surface area contributed by atoms with Crippen LogP contribution in [0.4, 0.5) is 11.4 Å². The molecule has 148 valence electrons. The molecule has 5 nitrogen and oxygen atoms in total. The highest BCUT2D eigenvalue weighted by Gasteiger charge is 2.61. The van der Waals surface area contributed by atoms with Gasteiger partial charge in [-0.3, -0.25) is 14.4 Å². The number of aryl methyl sites for hydroxylation is 1. The van der Waals surface area contributed by atoms with Crippen molar-refractivity contribution < 1.29 is 14.4 Å². The summed E-state index contributed by atoms with van der Waals surface area (Å²) in [5, 5.41) is 2.96. The summed E-state index contributed by atoms with van der Waals surface area (Å²) in [4.78, 5) is 40.8. The topological polar surface area (TPSA) is 66.5 Å². The number of nitrogens with one attached hydrogen (secondary N) is 1. The molecular weight excluding hydrogens is 364 g/mol. The second-order valence-electron chi connectivity index (χ2n) is 8.38. The number of para-hydroxylation sites is 2. The fourth-order valence-corrected chi connectivity index (χ4v) is 5.65. The van der Waals surface area contributed by atoms with Crippen LogP contribution in [0.3, 0.4) is 0 Å². The summed E-state index contributed by atoms with van der Waals surface area (Å²) in [6.07, 6.45) is 3.87. The van der Waals surface area contributed by atoms with Gasteiger partial charge in [-0.25, -0.2) is 4.90 Å². The van der Waals surface area contributed by atoms with Crippen molar-refractivity contribution >= 4 is 29.1 Å². The quantitative estimate of drug-likeness (QED) is 0.804. The van der Waals surface area contributed by atoms with Gasteiger partial charge < -0.3 is 5.32 Å². The van der Waals surface area contributed by atoms with Gasteiger partial charge in [0.2, 0.25) is 11.8 Å². The Balaban J connectivity index is 1.48. The summed E-state index contributed by atoms with van der Waals surface area (Å²) < 4.78 is 0. The predicted molar refractivity (Wildman–Crippen MR) is 111 cm³/mol. The predicted octanol–water partition coefficient (Wildman–Crippen LogP) is 4.04. The lowest BCUT2D eigenvalue weighted by Crippen LogP contribution is -2.34. The van der Waals surface area contributed by atoms with Gasteiger partial charge in [-0.2, -0.15) is 0 Å². The molecule has 1 N–H and O–H groups in total. The minimum atomic E-state index is -0.304. The van der Waals surface area contributed by atoms with Crippen molar-refractivity contribution in [2.45, 2.75) is 32.6 Å². The molecule has 2 aromatic carbocycles. The Kier molecular flexibility index (Phi) is 4.26. The van der Waals surface area contributed by atoms with Crippen LogP contribution in [0.2, 0.25) is 0 Å². The van der Waals surface area contributed by atoms with Crippen molar-refractivity contribution in [2.75, 3.05) is 10.2 Å². The Morgan fingerprint density at radius 1 is 0.966 bits per heavy atom. The number of carbonyl (C=O) groups excluding carboxylic acids is 3. The molecule has 3 fully saturated rings. The summed E-state index contributed by atoms with van der Waals surface area (Å²) in [6.45, 7) is 2.04. The molecule has 1 aliphatic heterocycles. The smallest absolute Gasteiger partial charge is 0.257 e. The molecule has 3 amide bonds. The Labute approximate surface area is 170 Å². The highest BCUT2D eigenvalue weighted by Crippen LogP contribution is 2.56. The number of fused-ring (bicyclic) bond motifs is 5. The standard InChI is InChI=1S/C24H24N2O3/c1-2-14-7-3-5-9-18(14)25-22(27)17-8-4-6-10-19(17)26-23(28)20-15-11-12-16(13-15)21(20)24(26)29/h3-10,15-16,20-21H,2,11-13H2,1H3,(H,25,27)/t15-,16-,20+,21+/m0/s1. The van der Waals surface area contributed by atoms with E-state index in [1.807, 2.05) is 31.2 Å². The molecule has 2 aliphatic carbocycles. The lowest BCUT2D eigenvalue weighted by atomic mass is 9.81. The molecule has 3 aliphatic rings. The van der Waals surface area contributed by atoms with E-state index in [4.69, 9.17) is 0 Å². The number of rotatable bonds is 4. The Morgan fingerprint density at radius 3 is 2.28 bits per heavy atom. The first-order valence-electron chi connectivity index (χ1n) is 10.5. The molecule has 0 unspecified atom stereocenters. The van der Waals surface area contributed by atoms with Crippen molar-refractivity contribution in [2.24, 2.45) is 23.7 Å². The van der Waals surface area contributed by atoms with Gasteiger partial charge in [-0.1, -0.05) is 37.3 Å². The van der Waals surface area contributed by atoms with Crippen LogP contribution >= 0.6 is 0 Å². The van der Waals surface area contributed by atoms with Gasteiger partial charge in [-0.05, 0) is 61.3 Å². The number of benzene rings is 2. The van der Waals surface area contributed by atoms with Crippen molar-refractivity contribution in [3.05, 3.63) is 59.7 Å². The minimum Gasteiger partial charge on any atom is -0.322 e. The maximum atomic E-state index is 13.2. The maximum absolute atomic E-state index is 13.2. The normalized spacial score (nSPS) is 27.4. The van der Waals surface area contributed by atoms with Crippen molar-refractivity contribution in [3.63, 3.8) is 0 Å². The minimum absolute atomic E-state index is 0.124. The number of nitrogens with zero attached hydrogens (tertiary/aromatic N) is 1. The molecule has 0 radical (unpaired) electrons. The molecule has 0 spiro atoms. The molecule has 29 heavy (non-hydrogen) atoms. The maximum Gasteiger partial charge on any atom is 0.257 e. The van der Waals surface area contributed by atoms with E-state index in [0.717, 1.165) is 36.9 Å². The van der Waals surface area contributed by atoms with Gasteiger partial charge in [0.15, 0.2) is 0 Å². The molecule has 4 atom stereocenters. The Hall–Kier alpha value is -2.95. The van der Waals surface area contributed by atoms with Crippen LogP contribution in [0.25, 0.3) is 0 Å². The monoisotopic (exact) mass is 388 g/mol. The number of hydrogen-bond acceptors (Lipinski definition) is 3. The SMILES string of the molecule is CCc1ccccc1NC(=O)c1ccccc1N1C(=O)[C@@H]2[C@H]3CC[C@@H](C3)[C@H]2C1=O. The van der Waals surface area contributed by atoms with Crippen molar-refractivity contribution in [3.8, 4) is 0 Å². The number of carbonyl (C=O) groups is 3. The zero-order valence-electron chi connectivity index (χ0n) is 16.4. The van der Waals surface area contributed by atoms with Crippen LogP contribution in [-0.4, -0.2) is 17.7 Å². The van der Waals surface area contributed by atoms with E-state index in [-0.39, 0.29) is 29.6 Å². The highest BCUT2D eigenvalue weighted by atomic mass is 16.2. The van der Waals surface area contributed by atoms with Crippen LogP contribution in [0.1, 0.15) is 42.1 Å². The molecule has 2 bridgehead atoms. The van der Waals surface area contributed by atoms with Crippen LogP contribution in [0, 0.1) is 23.7 Å². The van der Waals surface area contributed by atoms with E-state index in [9.17, 15) is 14.4 Å². The van der Waals surface area contributed by atoms with Crippen LogP contribution < -0.4 is 10.2 Å². The van der Waals surface area contributed by atoms with Gasteiger partial charge >= 0.3 is 0 Å². The van der Waals surface area contributed by atoms with Gasteiger partial charge in [0.05, 0.1) is 23.1 Å². The molecule has 1 heterocycles. The largest absolute Gasteiger partial charge is 0.322 e. The molecule has 5 heteroatoms. The first-order chi connectivity index (χ1) is 14.1. The van der Waals surface area contributed by atoms with E-state index >= 15 is 0 Å². The Morgan fingerprint density at radius 2 is 1.59 bits per heavy atom. The van der Waals surface area contributed by atoms with Crippen molar-refractivity contribution in [1.82, 2.24) is 0 Å². The van der Waals surface area contributed by atoms with Crippen molar-refractivity contribution in [1.29, 1.82) is 0 Å². The van der Waals surface area contributed by atoms with E-state index in [2.05, 4.69) is 5.32 Å². The number of hydrogen-bond donors (Lipinski definition) is 1. The number of amides is 3. The first kappa shape index (κ1) is 18.1. The van der Waals surface area contributed by atoms with Gasteiger partial charge in [0, 0.05) is 5.69 Å². The molecule has 2 saturated carbocycles. The van der Waals surface area contributed by atoms with E-state index in [1.165, 1.54) is 4.90 Å². The number of imide groups is 1. The second kappa shape index (κ2) is 6.83. The van der Waals surface area contributed by atoms with Crippen LogP contribution in [-0.2, 0) is 16.0 Å². The summed E-state index contributed by atoms with van der Waals surface area (Å²) >= 11 is 0. The molecule has 2 aromatic rings. The summed E-state index contributed by atoms with van der Waals surface area (Å²) in [5.41, 5.74) is 2.55. The highest BCUT2D eigenvalue weighted by molar-refractivity contribution is 6.25. The zero-order valence-corrected chi connectivity index (χ0v) is 16.4. The Bertz CT molecular complexity index is 987. The third-order valence-corrected chi connectivity index (χ3v) is 6.96. The van der Waals surface area contributed by atoms with Gasteiger partial charge in [-0.15, -0.1) is 0 Å². The molecular formula is C24H24N2O3.